The van der Waals surface area contributed by atoms with E-state index in [-0.39, 0.29) is 0 Å². The molecule has 66 valence electrons. The summed E-state index contributed by atoms with van der Waals surface area (Å²) in [6, 6.07) is 0.695. The maximum atomic E-state index is 4.31. The SMILES string of the molecule is CCc1cnc(NC2CC2C)s1. The van der Waals surface area contributed by atoms with Crippen LogP contribution < -0.4 is 5.32 Å². The van der Waals surface area contributed by atoms with Gasteiger partial charge in [-0.3, -0.25) is 0 Å². The molecule has 1 aliphatic rings. The first-order valence-corrected chi connectivity index (χ1v) is 5.32. The standard InChI is InChI=1S/C9H14N2S/c1-3-7-5-10-9(12-7)11-8-4-6(8)2/h5-6,8H,3-4H2,1-2H3,(H,10,11). The highest BCUT2D eigenvalue weighted by molar-refractivity contribution is 7.15. The van der Waals surface area contributed by atoms with Crippen LogP contribution in [0.1, 0.15) is 25.1 Å². The second kappa shape index (κ2) is 3.05. The Balaban J connectivity index is 1.95. The molecule has 2 nitrogen and oxygen atoms in total. The highest BCUT2D eigenvalue weighted by Gasteiger charge is 2.32. The van der Waals surface area contributed by atoms with Crippen molar-refractivity contribution in [1.82, 2.24) is 4.98 Å². The van der Waals surface area contributed by atoms with Gasteiger partial charge in [0.2, 0.25) is 0 Å². The van der Waals surface area contributed by atoms with Crippen LogP contribution in [0.25, 0.3) is 0 Å². The summed E-state index contributed by atoms with van der Waals surface area (Å²) in [5, 5.41) is 4.53. The molecule has 0 aromatic carbocycles. The van der Waals surface area contributed by atoms with Crippen molar-refractivity contribution in [2.45, 2.75) is 32.7 Å². The van der Waals surface area contributed by atoms with E-state index in [0.717, 1.165) is 17.5 Å². The van der Waals surface area contributed by atoms with Gasteiger partial charge in [-0.1, -0.05) is 13.8 Å². The number of nitrogens with zero attached hydrogens (tertiary/aromatic N) is 1. The number of anilines is 1. The molecular weight excluding hydrogens is 168 g/mol. The van der Waals surface area contributed by atoms with Crippen molar-refractivity contribution in [2.24, 2.45) is 5.92 Å². The minimum atomic E-state index is 0.695. The Morgan fingerprint density at radius 2 is 2.50 bits per heavy atom. The minimum absolute atomic E-state index is 0.695. The lowest BCUT2D eigenvalue weighted by molar-refractivity contribution is 0.927. The molecule has 0 radical (unpaired) electrons. The Labute approximate surface area is 77.0 Å². The van der Waals surface area contributed by atoms with Gasteiger partial charge in [-0.05, 0) is 18.8 Å². The number of hydrogen-bond donors (Lipinski definition) is 1. The molecule has 1 N–H and O–H groups in total. The second-order valence-corrected chi connectivity index (χ2v) is 4.56. The van der Waals surface area contributed by atoms with E-state index in [1.165, 1.54) is 11.3 Å². The van der Waals surface area contributed by atoms with Crippen LogP contribution in [0.15, 0.2) is 6.20 Å². The molecule has 1 aromatic rings. The summed E-state index contributed by atoms with van der Waals surface area (Å²) in [5.41, 5.74) is 0. The van der Waals surface area contributed by atoms with Gasteiger partial charge in [-0.25, -0.2) is 4.98 Å². The van der Waals surface area contributed by atoms with E-state index in [1.54, 1.807) is 11.3 Å². The van der Waals surface area contributed by atoms with Gasteiger partial charge >= 0.3 is 0 Å². The minimum Gasteiger partial charge on any atom is -0.359 e. The fourth-order valence-electron chi connectivity index (χ4n) is 1.22. The van der Waals surface area contributed by atoms with Crippen LogP contribution in [-0.4, -0.2) is 11.0 Å². The Morgan fingerprint density at radius 3 is 3.00 bits per heavy atom. The largest absolute Gasteiger partial charge is 0.359 e. The van der Waals surface area contributed by atoms with Crippen molar-refractivity contribution in [2.75, 3.05) is 5.32 Å². The van der Waals surface area contributed by atoms with E-state index in [4.69, 9.17) is 0 Å². The normalized spacial score (nSPS) is 27.2. The van der Waals surface area contributed by atoms with Crippen molar-refractivity contribution in [3.63, 3.8) is 0 Å². The Bertz CT molecular complexity index is 269. The van der Waals surface area contributed by atoms with Crippen LogP contribution in [-0.2, 0) is 6.42 Å². The van der Waals surface area contributed by atoms with E-state index in [2.05, 4.69) is 24.1 Å². The molecule has 0 saturated heterocycles. The average Bonchev–Trinajstić information content (AvgIpc) is 2.61. The molecule has 3 heteroatoms. The van der Waals surface area contributed by atoms with Crippen LogP contribution in [0, 0.1) is 5.92 Å². The number of nitrogens with one attached hydrogen (secondary N) is 1. The van der Waals surface area contributed by atoms with E-state index >= 15 is 0 Å². The summed E-state index contributed by atoms with van der Waals surface area (Å²) < 4.78 is 0. The van der Waals surface area contributed by atoms with Crippen molar-refractivity contribution in [3.8, 4) is 0 Å². The summed E-state index contributed by atoms with van der Waals surface area (Å²) in [5.74, 6) is 0.846. The summed E-state index contributed by atoms with van der Waals surface area (Å²) in [4.78, 5) is 5.68. The van der Waals surface area contributed by atoms with E-state index < -0.39 is 0 Å². The van der Waals surface area contributed by atoms with Gasteiger partial charge in [0, 0.05) is 17.1 Å². The van der Waals surface area contributed by atoms with Gasteiger partial charge < -0.3 is 5.32 Å². The zero-order valence-electron chi connectivity index (χ0n) is 7.50. The Hall–Kier alpha value is -0.570. The molecule has 1 heterocycles. The fraction of sp³-hybridized carbons (Fsp3) is 0.667. The molecule has 2 unspecified atom stereocenters. The van der Waals surface area contributed by atoms with Crippen molar-refractivity contribution >= 4 is 16.5 Å². The maximum absolute atomic E-state index is 4.31. The average molecular weight is 182 g/mol. The van der Waals surface area contributed by atoms with Gasteiger partial charge in [-0.2, -0.15) is 0 Å². The first kappa shape index (κ1) is 8.05. The summed E-state index contributed by atoms with van der Waals surface area (Å²) in [7, 11) is 0. The molecule has 1 aromatic heterocycles. The van der Waals surface area contributed by atoms with Crippen LogP contribution in [0.5, 0.6) is 0 Å². The molecule has 1 aliphatic carbocycles. The second-order valence-electron chi connectivity index (χ2n) is 3.45. The lowest BCUT2D eigenvalue weighted by atomic mass is 10.4. The van der Waals surface area contributed by atoms with E-state index in [0.29, 0.717) is 6.04 Å². The van der Waals surface area contributed by atoms with Gasteiger partial charge in [-0.15, -0.1) is 11.3 Å². The molecule has 2 atom stereocenters. The van der Waals surface area contributed by atoms with Crippen molar-refractivity contribution in [1.29, 1.82) is 0 Å². The lowest BCUT2D eigenvalue weighted by Gasteiger charge is -1.97. The third kappa shape index (κ3) is 1.61. The number of thiazole rings is 1. The number of rotatable bonds is 3. The van der Waals surface area contributed by atoms with Crippen LogP contribution >= 0.6 is 11.3 Å². The third-order valence-corrected chi connectivity index (χ3v) is 3.39. The summed E-state index contributed by atoms with van der Waals surface area (Å²) in [6.07, 6.45) is 4.38. The molecule has 1 saturated carbocycles. The number of aryl methyl sites for hydroxylation is 1. The Kier molecular flexibility index (Phi) is 2.05. The molecule has 2 rings (SSSR count). The lowest BCUT2D eigenvalue weighted by Crippen LogP contribution is -2.02. The highest BCUT2D eigenvalue weighted by atomic mass is 32.1. The van der Waals surface area contributed by atoms with Gasteiger partial charge in [0.05, 0.1) is 0 Å². The van der Waals surface area contributed by atoms with Crippen LogP contribution in [0.2, 0.25) is 0 Å². The predicted molar refractivity (Wildman–Crippen MR) is 52.7 cm³/mol. The highest BCUT2D eigenvalue weighted by Crippen LogP contribution is 2.33. The summed E-state index contributed by atoms with van der Waals surface area (Å²) in [6.45, 7) is 4.43. The van der Waals surface area contributed by atoms with Crippen molar-refractivity contribution in [3.05, 3.63) is 11.1 Å². The smallest absolute Gasteiger partial charge is 0.183 e. The summed E-state index contributed by atoms with van der Waals surface area (Å²) >= 11 is 1.78. The predicted octanol–water partition coefficient (Wildman–Crippen LogP) is 2.53. The van der Waals surface area contributed by atoms with Crippen molar-refractivity contribution < 1.29 is 0 Å². The zero-order chi connectivity index (χ0) is 8.55. The molecular formula is C9H14N2S. The fourth-order valence-corrected chi connectivity index (χ4v) is 2.03. The third-order valence-electron chi connectivity index (χ3n) is 2.32. The molecule has 0 aliphatic heterocycles. The first-order chi connectivity index (χ1) is 5.79. The molecule has 0 bridgehead atoms. The molecule has 12 heavy (non-hydrogen) atoms. The van der Waals surface area contributed by atoms with Gasteiger partial charge in [0.15, 0.2) is 5.13 Å². The first-order valence-electron chi connectivity index (χ1n) is 4.51. The van der Waals surface area contributed by atoms with Gasteiger partial charge in [0.1, 0.15) is 0 Å². The molecule has 1 fully saturated rings. The van der Waals surface area contributed by atoms with E-state index in [9.17, 15) is 0 Å². The number of hydrogen-bond acceptors (Lipinski definition) is 3. The Morgan fingerprint density at radius 1 is 1.75 bits per heavy atom. The molecule has 0 amide bonds. The topological polar surface area (TPSA) is 24.9 Å². The monoisotopic (exact) mass is 182 g/mol. The molecule has 0 spiro atoms. The van der Waals surface area contributed by atoms with E-state index in [1.807, 2.05) is 6.20 Å². The quantitative estimate of drug-likeness (QED) is 0.777. The maximum Gasteiger partial charge on any atom is 0.183 e. The van der Waals surface area contributed by atoms with Gasteiger partial charge in [0.25, 0.3) is 0 Å². The zero-order valence-corrected chi connectivity index (χ0v) is 8.32. The number of aromatic nitrogens is 1. The van der Waals surface area contributed by atoms with Crippen LogP contribution in [0.3, 0.4) is 0 Å². The van der Waals surface area contributed by atoms with Crippen LogP contribution in [0.4, 0.5) is 5.13 Å².